The van der Waals surface area contributed by atoms with Crippen molar-refractivity contribution in [1.29, 1.82) is 0 Å². The van der Waals surface area contributed by atoms with Crippen LogP contribution in [0.5, 0.6) is 0 Å². The molecule has 2 aromatic rings. The lowest BCUT2D eigenvalue weighted by Crippen LogP contribution is -2.29. The number of nitrogens with one attached hydrogen (secondary N) is 1. The van der Waals surface area contributed by atoms with Gasteiger partial charge in [0.05, 0.1) is 11.1 Å². The Balaban J connectivity index is 2.53. The van der Waals surface area contributed by atoms with Gasteiger partial charge in [-0.15, -0.1) is 0 Å². The molecule has 0 radical (unpaired) electrons. The number of nitrogens with two attached hydrogens (primary N) is 1. The van der Waals surface area contributed by atoms with E-state index in [0.29, 0.717) is 10.0 Å². The first-order valence-corrected chi connectivity index (χ1v) is 7.29. The van der Waals surface area contributed by atoms with Crippen molar-refractivity contribution in [2.45, 2.75) is 13.0 Å². The molecule has 0 amide bonds. The molecule has 1 unspecified atom stereocenters. The number of benzene rings is 1. The van der Waals surface area contributed by atoms with Gasteiger partial charge in [0.25, 0.3) is 0 Å². The lowest BCUT2D eigenvalue weighted by Gasteiger charge is -2.18. The summed E-state index contributed by atoms with van der Waals surface area (Å²) in [6.45, 7) is 1.97. The molecule has 2 nitrogen and oxygen atoms in total. The zero-order chi connectivity index (χ0) is 13.3. The van der Waals surface area contributed by atoms with E-state index in [0.717, 1.165) is 11.1 Å². The summed E-state index contributed by atoms with van der Waals surface area (Å²) in [7, 11) is 0. The average Bonchev–Trinajstić information content (AvgIpc) is 2.77. The first-order chi connectivity index (χ1) is 8.56. The number of hydrogen-bond donors (Lipinski definition) is 2. The molecule has 18 heavy (non-hydrogen) atoms. The van der Waals surface area contributed by atoms with E-state index in [4.69, 9.17) is 17.4 Å². The van der Waals surface area contributed by atoms with Crippen LogP contribution >= 0.6 is 38.9 Å². The molecule has 0 aliphatic rings. The molecule has 96 valence electrons. The fourth-order valence-electron chi connectivity index (χ4n) is 1.78. The van der Waals surface area contributed by atoms with Gasteiger partial charge in [0, 0.05) is 10.0 Å². The summed E-state index contributed by atoms with van der Waals surface area (Å²) < 4.78 is 14.7. The van der Waals surface area contributed by atoms with Crippen LogP contribution in [0.1, 0.15) is 22.7 Å². The summed E-state index contributed by atoms with van der Waals surface area (Å²) >= 11 is 10.6. The van der Waals surface area contributed by atoms with Crippen LogP contribution in [-0.2, 0) is 0 Å². The van der Waals surface area contributed by atoms with E-state index in [9.17, 15) is 4.39 Å². The lowest BCUT2D eigenvalue weighted by molar-refractivity contribution is 0.559. The Morgan fingerprint density at radius 3 is 2.67 bits per heavy atom. The van der Waals surface area contributed by atoms with Gasteiger partial charge in [-0.1, -0.05) is 17.7 Å². The molecule has 1 aromatic heterocycles. The van der Waals surface area contributed by atoms with Gasteiger partial charge in [0.15, 0.2) is 0 Å². The van der Waals surface area contributed by atoms with Crippen LogP contribution in [-0.4, -0.2) is 0 Å². The quantitative estimate of drug-likeness (QED) is 0.496. The minimum absolute atomic E-state index is 0.0700. The zero-order valence-corrected chi connectivity index (χ0v) is 12.7. The van der Waals surface area contributed by atoms with Gasteiger partial charge in [0.1, 0.15) is 5.82 Å². The first-order valence-electron chi connectivity index (χ1n) is 5.18. The van der Waals surface area contributed by atoms with Crippen LogP contribution in [0, 0.1) is 12.7 Å². The van der Waals surface area contributed by atoms with E-state index in [1.54, 1.807) is 23.5 Å². The van der Waals surface area contributed by atoms with Gasteiger partial charge < -0.3 is 0 Å². The van der Waals surface area contributed by atoms with Crippen molar-refractivity contribution in [2.75, 3.05) is 0 Å². The van der Waals surface area contributed by atoms with Gasteiger partial charge in [-0.2, -0.15) is 11.3 Å². The highest BCUT2D eigenvalue weighted by Gasteiger charge is 2.21. The predicted molar refractivity (Wildman–Crippen MR) is 77.3 cm³/mol. The Kier molecular flexibility index (Phi) is 4.40. The zero-order valence-electron chi connectivity index (χ0n) is 9.51. The van der Waals surface area contributed by atoms with Crippen molar-refractivity contribution in [3.63, 3.8) is 0 Å². The molecular weight excluding hydrogens is 339 g/mol. The molecule has 0 spiro atoms. The second-order valence-corrected chi connectivity index (χ2v) is 5.85. The highest BCUT2D eigenvalue weighted by molar-refractivity contribution is 9.10. The van der Waals surface area contributed by atoms with E-state index in [1.165, 1.54) is 0 Å². The molecule has 1 atom stereocenters. The van der Waals surface area contributed by atoms with Crippen LogP contribution in [0.2, 0.25) is 5.02 Å². The van der Waals surface area contributed by atoms with Gasteiger partial charge in [0.2, 0.25) is 0 Å². The molecule has 0 fully saturated rings. The molecular formula is C12H11BrClFN2S. The van der Waals surface area contributed by atoms with Crippen molar-refractivity contribution >= 4 is 38.9 Å². The van der Waals surface area contributed by atoms with E-state index < -0.39 is 11.9 Å². The first kappa shape index (κ1) is 14.0. The molecule has 6 heteroatoms. The molecule has 3 N–H and O–H groups in total. The average molecular weight is 350 g/mol. The number of thiophene rings is 1. The predicted octanol–water partition coefficient (Wildman–Crippen LogP) is 4.16. The Labute approximate surface area is 122 Å². The molecule has 0 bridgehead atoms. The lowest BCUT2D eigenvalue weighted by atomic mass is 9.98. The molecule has 0 saturated heterocycles. The summed E-state index contributed by atoms with van der Waals surface area (Å²) in [5, 5.41) is 4.02. The van der Waals surface area contributed by atoms with Crippen molar-refractivity contribution in [3.05, 3.63) is 54.9 Å². The minimum Gasteiger partial charge on any atom is -0.271 e. The molecule has 0 saturated carbocycles. The Bertz CT molecular complexity index is 573. The van der Waals surface area contributed by atoms with Crippen LogP contribution in [0.3, 0.4) is 0 Å². The molecule has 1 heterocycles. The maximum Gasteiger partial charge on any atom is 0.148 e. The summed E-state index contributed by atoms with van der Waals surface area (Å²) in [5.41, 5.74) is 5.11. The number of rotatable bonds is 3. The summed E-state index contributed by atoms with van der Waals surface area (Å²) in [6.07, 6.45) is 0. The molecule has 0 aliphatic heterocycles. The summed E-state index contributed by atoms with van der Waals surface area (Å²) in [6, 6.07) is 2.99. The van der Waals surface area contributed by atoms with E-state index in [-0.39, 0.29) is 5.02 Å². The fraction of sp³-hybridized carbons (Fsp3) is 0.167. The standard InChI is InChI=1S/C12H11BrClFN2S/c1-6-4-18-5-8(6)12(17-16)7-2-3-9(13)10(14)11(7)15/h2-5,12,17H,16H2,1H3. The van der Waals surface area contributed by atoms with Gasteiger partial charge in [-0.25, -0.2) is 9.82 Å². The van der Waals surface area contributed by atoms with Crippen molar-refractivity contribution in [3.8, 4) is 0 Å². The number of hydrazine groups is 1. The third kappa shape index (κ3) is 2.46. The summed E-state index contributed by atoms with van der Waals surface area (Å²) in [5.74, 6) is 5.10. The monoisotopic (exact) mass is 348 g/mol. The topological polar surface area (TPSA) is 38.0 Å². The van der Waals surface area contributed by atoms with Crippen LogP contribution < -0.4 is 11.3 Å². The summed E-state index contributed by atoms with van der Waals surface area (Å²) in [4.78, 5) is 0. The molecule has 1 aromatic carbocycles. The molecule has 0 aliphatic carbocycles. The largest absolute Gasteiger partial charge is 0.271 e. The van der Waals surface area contributed by atoms with E-state index in [2.05, 4.69) is 21.4 Å². The van der Waals surface area contributed by atoms with Gasteiger partial charge >= 0.3 is 0 Å². The smallest absolute Gasteiger partial charge is 0.148 e. The normalized spacial score (nSPS) is 12.7. The minimum atomic E-state index is -0.459. The second kappa shape index (κ2) is 5.67. The van der Waals surface area contributed by atoms with Crippen LogP contribution in [0.15, 0.2) is 27.4 Å². The van der Waals surface area contributed by atoms with Crippen molar-refractivity contribution in [1.82, 2.24) is 5.43 Å². The molecule has 2 rings (SSSR count). The van der Waals surface area contributed by atoms with Crippen molar-refractivity contribution in [2.24, 2.45) is 5.84 Å². The fourth-order valence-corrected chi connectivity index (χ4v) is 3.13. The van der Waals surface area contributed by atoms with Gasteiger partial charge in [-0.05, 0) is 50.8 Å². The van der Waals surface area contributed by atoms with Crippen molar-refractivity contribution < 1.29 is 4.39 Å². The SMILES string of the molecule is Cc1cscc1C(NN)c1ccc(Br)c(Cl)c1F. The maximum absolute atomic E-state index is 14.2. The highest BCUT2D eigenvalue weighted by Crippen LogP contribution is 2.34. The van der Waals surface area contributed by atoms with Crippen LogP contribution in [0.4, 0.5) is 4.39 Å². The van der Waals surface area contributed by atoms with E-state index >= 15 is 0 Å². The Morgan fingerprint density at radius 1 is 1.39 bits per heavy atom. The highest BCUT2D eigenvalue weighted by atomic mass is 79.9. The van der Waals surface area contributed by atoms with E-state index in [1.807, 2.05) is 17.7 Å². The third-order valence-corrected chi connectivity index (χ3v) is 4.89. The second-order valence-electron chi connectivity index (χ2n) is 3.87. The number of aryl methyl sites for hydroxylation is 1. The van der Waals surface area contributed by atoms with Gasteiger partial charge in [-0.3, -0.25) is 5.84 Å². The van der Waals surface area contributed by atoms with Crippen LogP contribution in [0.25, 0.3) is 0 Å². The third-order valence-electron chi connectivity index (χ3n) is 2.75. The maximum atomic E-state index is 14.2. The Morgan fingerprint density at radius 2 is 2.11 bits per heavy atom. The number of halogens is 3. The Hall–Kier alpha value is -0.460. The number of hydrogen-bond acceptors (Lipinski definition) is 3.